The Morgan fingerprint density at radius 1 is 1.04 bits per heavy atom. The number of fused-ring (bicyclic) bond motifs is 3. The zero-order chi connectivity index (χ0) is 16.1. The summed E-state index contributed by atoms with van der Waals surface area (Å²) in [6.07, 6.45) is 5.76. The number of hydrogen-bond acceptors (Lipinski definition) is 1. The molecule has 2 aliphatic rings. The number of anilines is 1. The fourth-order valence-corrected chi connectivity index (χ4v) is 4.63. The molecular weight excluding hydrogens is 325 g/mol. The van der Waals surface area contributed by atoms with Gasteiger partial charge in [0.05, 0.1) is 6.04 Å². The molecule has 2 aromatic carbocycles. The third-order valence-corrected chi connectivity index (χ3v) is 5.81. The van der Waals surface area contributed by atoms with Crippen LogP contribution >= 0.6 is 23.2 Å². The fourth-order valence-electron chi connectivity index (χ4n) is 4.10. The lowest BCUT2D eigenvalue weighted by Gasteiger charge is -2.39. The Labute approximate surface area is 147 Å². The van der Waals surface area contributed by atoms with Crippen molar-refractivity contribution in [2.75, 3.05) is 5.32 Å². The number of allylic oxidation sites excluding steroid dienone is 2. The van der Waals surface area contributed by atoms with Crippen LogP contribution in [0, 0.1) is 19.8 Å². The summed E-state index contributed by atoms with van der Waals surface area (Å²) in [5.41, 5.74) is 6.51. The van der Waals surface area contributed by atoms with Crippen molar-refractivity contribution in [3.05, 3.63) is 74.8 Å². The van der Waals surface area contributed by atoms with E-state index in [1.165, 1.54) is 22.4 Å². The van der Waals surface area contributed by atoms with E-state index in [0.717, 1.165) is 17.0 Å². The highest BCUT2D eigenvalue weighted by molar-refractivity contribution is 6.35. The molecule has 23 heavy (non-hydrogen) atoms. The molecule has 0 amide bonds. The molecule has 0 unspecified atom stereocenters. The summed E-state index contributed by atoms with van der Waals surface area (Å²) < 4.78 is 0. The zero-order valence-electron chi connectivity index (χ0n) is 13.2. The molecule has 1 aliphatic carbocycles. The highest BCUT2D eigenvalue weighted by atomic mass is 35.5. The molecular formula is C20H19Cl2N. The Bertz CT molecular complexity index is 810. The minimum absolute atomic E-state index is 0.216. The van der Waals surface area contributed by atoms with Gasteiger partial charge in [-0.05, 0) is 60.6 Å². The standard InChI is InChI=1S/C20H19Cl2N/c1-11-6-7-12(2)19-18(11)14-4-3-5-15(14)20(23-19)16-9-8-13(21)10-17(16)22/h3-4,6-10,14-15,20,23H,5H2,1-2H3/t14-,15-,20+/m1/s1. The van der Waals surface area contributed by atoms with Gasteiger partial charge in [0.15, 0.2) is 0 Å². The van der Waals surface area contributed by atoms with Gasteiger partial charge in [-0.2, -0.15) is 0 Å². The first-order chi connectivity index (χ1) is 11.1. The maximum atomic E-state index is 6.51. The fraction of sp³-hybridized carbons (Fsp3) is 0.300. The summed E-state index contributed by atoms with van der Waals surface area (Å²) in [6.45, 7) is 4.38. The highest BCUT2D eigenvalue weighted by Crippen LogP contribution is 2.52. The van der Waals surface area contributed by atoms with Crippen molar-refractivity contribution in [2.24, 2.45) is 5.92 Å². The van der Waals surface area contributed by atoms with Crippen LogP contribution in [0.3, 0.4) is 0 Å². The quantitative estimate of drug-likeness (QED) is 0.587. The van der Waals surface area contributed by atoms with Crippen molar-refractivity contribution in [1.29, 1.82) is 0 Å². The van der Waals surface area contributed by atoms with Gasteiger partial charge in [-0.25, -0.2) is 0 Å². The molecule has 1 nitrogen and oxygen atoms in total. The molecule has 118 valence electrons. The van der Waals surface area contributed by atoms with E-state index >= 15 is 0 Å². The number of benzene rings is 2. The van der Waals surface area contributed by atoms with E-state index in [1.54, 1.807) is 0 Å². The second-order valence-electron chi connectivity index (χ2n) is 6.63. The predicted octanol–water partition coefficient (Wildman–Crippen LogP) is 6.44. The van der Waals surface area contributed by atoms with Crippen LogP contribution in [0.2, 0.25) is 10.0 Å². The largest absolute Gasteiger partial charge is 0.377 e. The third-order valence-electron chi connectivity index (χ3n) is 5.24. The van der Waals surface area contributed by atoms with Crippen molar-refractivity contribution in [3.63, 3.8) is 0 Å². The smallest absolute Gasteiger partial charge is 0.0568 e. The van der Waals surface area contributed by atoms with Gasteiger partial charge in [0.2, 0.25) is 0 Å². The molecule has 2 aromatic rings. The van der Waals surface area contributed by atoms with Crippen molar-refractivity contribution in [2.45, 2.75) is 32.2 Å². The first-order valence-electron chi connectivity index (χ1n) is 8.04. The average Bonchev–Trinajstić information content (AvgIpc) is 3.00. The van der Waals surface area contributed by atoms with Crippen LogP contribution in [0.25, 0.3) is 0 Å². The van der Waals surface area contributed by atoms with Crippen molar-refractivity contribution in [1.82, 2.24) is 0 Å². The normalized spacial score (nSPS) is 25.0. The molecule has 0 radical (unpaired) electrons. The van der Waals surface area contributed by atoms with Gasteiger partial charge in [0.25, 0.3) is 0 Å². The highest BCUT2D eigenvalue weighted by Gasteiger charge is 2.39. The van der Waals surface area contributed by atoms with E-state index in [2.05, 4.69) is 49.5 Å². The summed E-state index contributed by atoms with van der Waals surface area (Å²) in [4.78, 5) is 0. The van der Waals surface area contributed by atoms with Crippen LogP contribution in [0.4, 0.5) is 5.69 Å². The second-order valence-corrected chi connectivity index (χ2v) is 7.47. The minimum Gasteiger partial charge on any atom is -0.377 e. The molecule has 1 heterocycles. The molecule has 3 heteroatoms. The van der Waals surface area contributed by atoms with E-state index in [0.29, 0.717) is 16.9 Å². The number of halogens is 2. The summed E-state index contributed by atoms with van der Waals surface area (Å²) >= 11 is 12.6. The van der Waals surface area contributed by atoms with Crippen molar-refractivity contribution >= 4 is 28.9 Å². The van der Waals surface area contributed by atoms with E-state index in [1.807, 2.05) is 12.1 Å². The summed E-state index contributed by atoms with van der Waals surface area (Å²) in [5.74, 6) is 0.963. The third kappa shape index (κ3) is 2.38. The van der Waals surface area contributed by atoms with Crippen molar-refractivity contribution < 1.29 is 0 Å². The van der Waals surface area contributed by atoms with E-state index in [9.17, 15) is 0 Å². The summed E-state index contributed by atoms with van der Waals surface area (Å²) in [7, 11) is 0. The lowest BCUT2D eigenvalue weighted by Crippen LogP contribution is -2.30. The van der Waals surface area contributed by atoms with E-state index in [4.69, 9.17) is 23.2 Å². The Morgan fingerprint density at radius 3 is 2.61 bits per heavy atom. The van der Waals surface area contributed by atoms with Crippen LogP contribution in [0.5, 0.6) is 0 Å². The molecule has 4 rings (SSSR count). The Kier molecular flexibility index (Phi) is 3.66. The Hall–Kier alpha value is -1.44. The van der Waals surface area contributed by atoms with E-state index < -0.39 is 0 Å². The average molecular weight is 344 g/mol. The van der Waals surface area contributed by atoms with Gasteiger partial charge in [-0.15, -0.1) is 0 Å². The predicted molar refractivity (Wildman–Crippen MR) is 98.7 cm³/mol. The number of nitrogens with one attached hydrogen (secondary N) is 1. The van der Waals surface area contributed by atoms with Crippen molar-refractivity contribution in [3.8, 4) is 0 Å². The number of rotatable bonds is 1. The van der Waals surface area contributed by atoms with Gasteiger partial charge >= 0.3 is 0 Å². The maximum absolute atomic E-state index is 6.51. The van der Waals surface area contributed by atoms with Crippen LogP contribution in [0.1, 0.15) is 40.6 Å². The van der Waals surface area contributed by atoms with E-state index in [-0.39, 0.29) is 6.04 Å². The molecule has 3 atom stereocenters. The van der Waals surface area contributed by atoms with Crippen LogP contribution in [-0.4, -0.2) is 0 Å². The summed E-state index contributed by atoms with van der Waals surface area (Å²) in [5, 5.41) is 5.21. The molecule has 0 spiro atoms. The lowest BCUT2D eigenvalue weighted by molar-refractivity contribution is 0.424. The van der Waals surface area contributed by atoms with Gasteiger partial charge < -0.3 is 5.32 Å². The molecule has 1 aliphatic heterocycles. The summed E-state index contributed by atoms with van der Waals surface area (Å²) in [6, 6.07) is 10.5. The second kappa shape index (κ2) is 5.58. The first kappa shape index (κ1) is 15.1. The molecule has 0 bridgehead atoms. The van der Waals surface area contributed by atoms with Crippen LogP contribution in [-0.2, 0) is 0 Å². The van der Waals surface area contributed by atoms with Gasteiger partial charge in [0, 0.05) is 21.7 Å². The maximum Gasteiger partial charge on any atom is 0.0568 e. The van der Waals surface area contributed by atoms with Crippen LogP contribution < -0.4 is 5.32 Å². The number of aryl methyl sites for hydroxylation is 2. The topological polar surface area (TPSA) is 12.0 Å². The molecule has 1 N–H and O–H groups in total. The minimum atomic E-state index is 0.216. The number of hydrogen-bond donors (Lipinski definition) is 1. The van der Waals surface area contributed by atoms with Crippen LogP contribution in [0.15, 0.2) is 42.5 Å². The SMILES string of the molecule is Cc1ccc(C)c2c1N[C@H](c1ccc(Cl)cc1Cl)[C@@H]1CC=C[C@@H]21. The Balaban J connectivity index is 1.86. The molecule has 0 saturated carbocycles. The monoisotopic (exact) mass is 343 g/mol. The van der Waals surface area contributed by atoms with Gasteiger partial charge in [-0.1, -0.05) is 53.6 Å². The van der Waals surface area contributed by atoms with Gasteiger partial charge in [-0.3, -0.25) is 0 Å². The zero-order valence-corrected chi connectivity index (χ0v) is 14.7. The van der Waals surface area contributed by atoms with Gasteiger partial charge in [0.1, 0.15) is 0 Å². The molecule has 0 aromatic heterocycles. The molecule has 0 fully saturated rings. The molecule has 0 saturated heterocycles. The first-order valence-corrected chi connectivity index (χ1v) is 8.80. The lowest BCUT2D eigenvalue weighted by atomic mass is 9.75. The Morgan fingerprint density at radius 2 is 1.83 bits per heavy atom.